The number of esters is 1. The number of nitrogens with two attached hydrogens (primary N) is 1. The maximum Gasteiger partial charge on any atom is 0.328 e. The van der Waals surface area contributed by atoms with E-state index in [1.165, 1.54) is 14.0 Å². The van der Waals surface area contributed by atoms with Crippen molar-refractivity contribution in [2.45, 2.75) is 57.5 Å². The fraction of sp³-hybridized carbons (Fsp3) is 0.406. The smallest absolute Gasteiger partial charge is 0.328 e. The molecule has 0 aliphatic carbocycles. The number of unbranched alkanes of at least 4 members (excludes halogenated alkanes) is 1. The van der Waals surface area contributed by atoms with Crippen LogP contribution in [0.2, 0.25) is 0 Å². The number of ketones is 1. The topological polar surface area (TPSA) is 163 Å². The first-order chi connectivity index (χ1) is 21.2. The van der Waals surface area contributed by atoms with Crippen LogP contribution in [0.3, 0.4) is 0 Å². The number of carbonyl (C=O) groups excluding carboxylic acids is 4. The van der Waals surface area contributed by atoms with E-state index in [1.54, 1.807) is 18.2 Å². The van der Waals surface area contributed by atoms with E-state index in [9.17, 15) is 19.2 Å². The van der Waals surface area contributed by atoms with Gasteiger partial charge in [0.2, 0.25) is 11.8 Å². The summed E-state index contributed by atoms with van der Waals surface area (Å²) in [6.45, 7) is 5.66. The Morgan fingerprint density at radius 2 is 1.66 bits per heavy atom. The third-order valence-corrected chi connectivity index (χ3v) is 6.89. The van der Waals surface area contributed by atoms with Gasteiger partial charge in [-0.25, -0.2) is 4.79 Å². The molecule has 4 N–H and O–H groups in total. The van der Waals surface area contributed by atoms with Gasteiger partial charge >= 0.3 is 5.97 Å². The van der Waals surface area contributed by atoms with Gasteiger partial charge in [0.25, 0.3) is 0 Å². The van der Waals surface area contributed by atoms with Crippen molar-refractivity contribution >= 4 is 41.3 Å². The summed E-state index contributed by atoms with van der Waals surface area (Å²) >= 11 is 5.31. The number of ether oxygens (including phenoxy) is 2. The Bertz CT molecular complexity index is 1260. The van der Waals surface area contributed by atoms with Gasteiger partial charge in [-0.05, 0) is 49.1 Å². The highest BCUT2D eigenvalue weighted by Crippen LogP contribution is 2.19. The first kappa shape index (κ1) is 35.8. The van der Waals surface area contributed by atoms with Gasteiger partial charge in [-0.3, -0.25) is 14.4 Å². The maximum absolute atomic E-state index is 13.6. The molecule has 12 heteroatoms. The highest BCUT2D eigenvalue weighted by atomic mass is 35.5. The number of guanidine groups is 1. The van der Waals surface area contributed by atoms with Gasteiger partial charge in [-0.2, -0.15) is 0 Å². The van der Waals surface area contributed by atoms with Crippen molar-refractivity contribution in [3.8, 4) is 5.75 Å². The number of benzene rings is 2. The lowest BCUT2D eigenvalue weighted by atomic mass is 9.90. The highest BCUT2D eigenvalue weighted by molar-refractivity contribution is 6.20. The molecule has 0 aliphatic heterocycles. The molecule has 0 saturated carbocycles. The second kappa shape index (κ2) is 19.7. The summed E-state index contributed by atoms with van der Waals surface area (Å²) in [5.74, 6) is -1.93. The minimum Gasteiger partial charge on any atom is -0.490 e. The summed E-state index contributed by atoms with van der Waals surface area (Å²) in [6.07, 6.45) is 3.35. The van der Waals surface area contributed by atoms with E-state index in [4.69, 9.17) is 27.0 Å². The molecule has 0 heterocycles. The predicted octanol–water partition coefficient (Wildman–Crippen LogP) is 3.79. The van der Waals surface area contributed by atoms with E-state index < -0.39 is 29.9 Å². The number of nitrogens with one attached hydrogen (secondary N) is 2. The zero-order chi connectivity index (χ0) is 32.3. The number of Topliss-reactive ketones (excluding diaryl/α,β-unsaturated/α-hetero) is 1. The standard InChI is InChI=1S/C32H42ClN5O6/c1-4-18-44-26-15-13-24(14-16-26)19-27(36-22(2)39)29(40)21-25(12-8-9-17-35-32(34)38-33)30(41)37-28(31(42)43-3)20-23-10-6-5-7-11-23/h4-7,10-11,13-16,25,27-28H,1,8-9,12,17-21H2,2-3H3,(H5,34,35,36,37,38,39,41)/p-1/t25-,27+,28+/m1/s1. The monoisotopic (exact) mass is 626 g/mol. The summed E-state index contributed by atoms with van der Waals surface area (Å²) in [5.41, 5.74) is 7.15. The van der Waals surface area contributed by atoms with E-state index in [0.29, 0.717) is 38.2 Å². The average molecular weight is 627 g/mol. The molecule has 11 nitrogen and oxygen atoms in total. The van der Waals surface area contributed by atoms with E-state index in [0.717, 1.165) is 11.1 Å². The van der Waals surface area contributed by atoms with Crippen molar-refractivity contribution < 1.29 is 28.7 Å². The van der Waals surface area contributed by atoms with Crippen molar-refractivity contribution in [1.82, 2.24) is 10.6 Å². The Kier molecular flexibility index (Phi) is 16.1. The highest BCUT2D eigenvalue weighted by Gasteiger charge is 2.30. The van der Waals surface area contributed by atoms with Crippen molar-refractivity contribution in [1.29, 1.82) is 0 Å². The summed E-state index contributed by atoms with van der Waals surface area (Å²) in [4.78, 5) is 51.8. The first-order valence-electron chi connectivity index (χ1n) is 14.3. The number of rotatable bonds is 19. The van der Waals surface area contributed by atoms with Crippen LogP contribution in [0.15, 0.2) is 71.8 Å². The second-order valence-corrected chi connectivity index (χ2v) is 10.3. The lowest BCUT2D eigenvalue weighted by molar-refractivity contribution is -0.145. The SMILES string of the molecule is C=CCOc1ccc(C[C@H](NC(C)=O)C(=O)C[C@@H](CCCC[N-]C(N)=NCl)C(=O)N[C@@H](Cc2ccccc2)C(=O)OC)cc1. The van der Waals surface area contributed by atoms with Crippen molar-refractivity contribution in [3.05, 3.63) is 83.7 Å². The third-order valence-electron chi connectivity index (χ3n) is 6.72. The Morgan fingerprint density at radius 1 is 1.00 bits per heavy atom. The normalized spacial score (nSPS) is 13.1. The average Bonchev–Trinajstić information content (AvgIpc) is 3.02. The molecule has 2 aromatic carbocycles. The predicted molar refractivity (Wildman–Crippen MR) is 170 cm³/mol. The van der Waals surface area contributed by atoms with Crippen LogP contribution in [0.1, 0.15) is 43.7 Å². The number of halogens is 1. The number of carbonyl (C=O) groups is 4. The van der Waals surface area contributed by atoms with Gasteiger partial charge in [-0.1, -0.05) is 73.3 Å². The molecule has 3 atom stereocenters. The second-order valence-electron chi connectivity index (χ2n) is 10.2. The summed E-state index contributed by atoms with van der Waals surface area (Å²) in [6, 6.07) is 14.6. The van der Waals surface area contributed by atoms with Gasteiger partial charge in [0.15, 0.2) is 5.78 Å². The van der Waals surface area contributed by atoms with E-state index in [1.807, 2.05) is 42.5 Å². The number of methoxy groups -OCH3 is 1. The molecule has 0 radical (unpaired) electrons. The molecule has 0 fully saturated rings. The van der Waals surface area contributed by atoms with Gasteiger partial charge in [0.05, 0.1) is 13.2 Å². The molecular weight excluding hydrogens is 586 g/mol. The van der Waals surface area contributed by atoms with Crippen LogP contribution in [0.5, 0.6) is 5.75 Å². The van der Waals surface area contributed by atoms with Crippen LogP contribution >= 0.6 is 11.8 Å². The number of amides is 2. The van der Waals surface area contributed by atoms with E-state index in [2.05, 4.69) is 27.0 Å². The summed E-state index contributed by atoms with van der Waals surface area (Å²) < 4.78 is 13.7. The zero-order valence-corrected chi connectivity index (χ0v) is 25.9. The largest absolute Gasteiger partial charge is 0.490 e. The summed E-state index contributed by atoms with van der Waals surface area (Å²) in [5, 5.41) is 9.52. The molecule has 0 aliphatic rings. The molecule has 44 heavy (non-hydrogen) atoms. The number of hydrogen-bond donors (Lipinski definition) is 3. The Hall–Kier alpha value is -4.38. The minimum absolute atomic E-state index is 0.0450. The molecule has 0 bridgehead atoms. The van der Waals surface area contributed by atoms with Crippen molar-refractivity contribution in [3.63, 3.8) is 0 Å². The molecule has 2 aromatic rings. The van der Waals surface area contributed by atoms with Crippen molar-refractivity contribution in [2.24, 2.45) is 16.2 Å². The first-order valence-corrected chi connectivity index (χ1v) is 14.7. The molecule has 0 spiro atoms. The minimum atomic E-state index is -0.949. The number of hydrogen-bond acceptors (Lipinski definition) is 7. The van der Waals surface area contributed by atoms with Gasteiger partial charge < -0.3 is 35.7 Å². The van der Waals surface area contributed by atoms with Crippen LogP contribution in [0.25, 0.3) is 5.32 Å². The molecule has 0 saturated heterocycles. The zero-order valence-electron chi connectivity index (χ0n) is 25.2. The lowest BCUT2D eigenvalue weighted by Gasteiger charge is -2.24. The van der Waals surface area contributed by atoms with Crippen LogP contribution in [0, 0.1) is 5.92 Å². The van der Waals surface area contributed by atoms with Gasteiger partial charge in [0, 0.05) is 31.6 Å². The quantitative estimate of drug-likeness (QED) is 0.0702. The fourth-order valence-electron chi connectivity index (χ4n) is 4.51. The summed E-state index contributed by atoms with van der Waals surface area (Å²) in [7, 11) is 1.25. The molecule has 2 amide bonds. The van der Waals surface area contributed by atoms with Gasteiger partial charge in [0.1, 0.15) is 18.4 Å². The van der Waals surface area contributed by atoms with Crippen LogP contribution < -0.4 is 21.1 Å². The van der Waals surface area contributed by atoms with Crippen LogP contribution in [0.4, 0.5) is 0 Å². The molecule has 238 valence electrons. The third kappa shape index (κ3) is 13.3. The van der Waals surface area contributed by atoms with E-state index >= 15 is 0 Å². The van der Waals surface area contributed by atoms with E-state index in [-0.39, 0.29) is 36.9 Å². The van der Waals surface area contributed by atoms with Crippen LogP contribution in [-0.2, 0) is 36.8 Å². The molecular formula is C32H41ClN5O6-. The number of nitrogens with zero attached hydrogens (tertiary/aromatic N) is 2. The Balaban J connectivity index is 2.20. The Labute approximate surface area is 263 Å². The Morgan fingerprint density at radius 3 is 2.27 bits per heavy atom. The van der Waals surface area contributed by atoms with Crippen LogP contribution in [-0.4, -0.2) is 61.9 Å². The fourth-order valence-corrected chi connectivity index (χ4v) is 4.57. The molecule has 0 unspecified atom stereocenters. The maximum atomic E-state index is 13.6. The van der Waals surface area contributed by atoms with Gasteiger partial charge in [-0.15, -0.1) is 0 Å². The lowest BCUT2D eigenvalue weighted by Crippen LogP contribution is -2.47. The molecule has 0 aromatic heterocycles. The van der Waals surface area contributed by atoms with Crippen molar-refractivity contribution in [2.75, 3.05) is 20.3 Å². The molecule has 2 rings (SSSR count).